The van der Waals surface area contributed by atoms with Gasteiger partial charge in [0.2, 0.25) is 11.8 Å². The monoisotopic (exact) mass is 326 g/mol. The molecule has 3 N–H and O–H groups in total. The second-order valence-corrected chi connectivity index (χ2v) is 5.29. The van der Waals surface area contributed by atoms with E-state index in [-0.39, 0.29) is 18.0 Å². The summed E-state index contributed by atoms with van der Waals surface area (Å²) in [6.45, 7) is 0. The fraction of sp³-hybridized carbons (Fsp3) is 0.125. The zero-order valence-corrected chi connectivity index (χ0v) is 12.5. The number of carbonyl (C=O) groups excluding carboxylic acids is 2. The third-order valence-electron chi connectivity index (χ3n) is 3.56. The molecule has 2 amide bonds. The molecule has 3 rings (SSSR count). The summed E-state index contributed by atoms with van der Waals surface area (Å²) in [7, 11) is 0. The van der Waals surface area contributed by atoms with Gasteiger partial charge in [0.25, 0.3) is 5.69 Å². The number of benzene rings is 2. The lowest BCUT2D eigenvalue weighted by atomic mass is 10.1. The van der Waals surface area contributed by atoms with Crippen LogP contribution < -0.4 is 16.0 Å². The number of hydrogen-bond acceptors (Lipinski definition) is 5. The van der Waals surface area contributed by atoms with Gasteiger partial charge in [0.1, 0.15) is 6.04 Å². The Kier molecular flexibility index (Phi) is 4.11. The predicted octanol–water partition coefficient (Wildman–Crippen LogP) is 2.36. The molecule has 8 nitrogen and oxygen atoms in total. The van der Waals surface area contributed by atoms with E-state index < -0.39 is 16.9 Å². The topological polar surface area (TPSA) is 113 Å². The lowest BCUT2D eigenvalue weighted by molar-refractivity contribution is -0.384. The van der Waals surface area contributed by atoms with Crippen LogP contribution in [0, 0.1) is 10.1 Å². The van der Waals surface area contributed by atoms with Crippen molar-refractivity contribution < 1.29 is 14.5 Å². The molecular weight excluding hydrogens is 312 g/mol. The zero-order valence-electron chi connectivity index (χ0n) is 12.5. The van der Waals surface area contributed by atoms with Crippen LogP contribution in [0.1, 0.15) is 6.42 Å². The summed E-state index contributed by atoms with van der Waals surface area (Å²) in [4.78, 5) is 34.4. The van der Waals surface area contributed by atoms with Gasteiger partial charge in [-0.15, -0.1) is 0 Å². The maximum atomic E-state index is 12.1. The van der Waals surface area contributed by atoms with E-state index in [1.165, 1.54) is 18.2 Å². The van der Waals surface area contributed by atoms with Crippen molar-refractivity contribution in [3.8, 4) is 0 Å². The normalized spacial score (nSPS) is 15.7. The van der Waals surface area contributed by atoms with Crippen molar-refractivity contribution in [1.82, 2.24) is 0 Å². The fourth-order valence-electron chi connectivity index (χ4n) is 2.43. The maximum Gasteiger partial charge on any atom is 0.271 e. The fourth-order valence-corrected chi connectivity index (χ4v) is 2.43. The lowest BCUT2D eigenvalue weighted by Gasteiger charge is -2.26. The Morgan fingerprint density at radius 1 is 1.17 bits per heavy atom. The number of para-hydroxylation sites is 2. The van der Waals surface area contributed by atoms with Crippen LogP contribution in [0.25, 0.3) is 0 Å². The SMILES string of the molecule is O=C(C[C@@H]1Nc2ccccc2NC1=O)Nc1cccc([N+](=O)[O-])c1. The van der Waals surface area contributed by atoms with Crippen LogP contribution in [0.2, 0.25) is 0 Å². The molecule has 1 aliphatic rings. The Hall–Kier alpha value is -3.42. The minimum Gasteiger partial charge on any atom is -0.372 e. The molecule has 2 aromatic carbocycles. The van der Waals surface area contributed by atoms with Crippen molar-refractivity contribution >= 4 is 34.6 Å². The van der Waals surface area contributed by atoms with Crippen molar-refractivity contribution in [2.75, 3.05) is 16.0 Å². The molecule has 2 aromatic rings. The standard InChI is InChI=1S/C16H14N4O4/c21-15(17-10-4-3-5-11(8-10)20(23)24)9-14-16(22)19-13-7-2-1-6-12(13)18-14/h1-8,14,18H,9H2,(H,17,21)(H,19,22)/t14-/m0/s1. The number of fused-ring (bicyclic) bond motifs is 1. The number of amides is 2. The number of nitrogens with zero attached hydrogens (tertiary/aromatic N) is 1. The second-order valence-electron chi connectivity index (χ2n) is 5.29. The smallest absolute Gasteiger partial charge is 0.271 e. The highest BCUT2D eigenvalue weighted by atomic mass is 16.6. The highest BCUT2D eigenvalue weighted by molar-refractivity contribution is 6.06. The van der Waals surface area contributed by atoms with Gasteiger partial charge in [0.15, 0.2) is 0 Å². The lowest BCUT2D eigenvalue weighted by Crippen LogP contribution is -2.41. The van der Waals surface area contributed by atoms with Crippen LogP contribution in [0.15, 0.2) is 48.5 Å². The third-order valence-corrected chi connectivity index (χ3v) is 3.56. The number of nitro groups is 1. The molecule has 24 heavy (non-hydrogen) atoms. The average Bonchev–Trinajstić information content (AvgIpc) is 2.55. The van der Waals surface area contributed by atoms with Gasteiger partial charge in [-0.05, 0) is 18.2 Å². The Morgan fingerprint density at radius 3 is 2.67 bits per heavy atom. The first-order valence-electron chi connectivity index (χ1n) is 7.23. The number of non-ortho nitro benzene ring substituents is 1. The predicted molar refractivity (Wildman–Crippen MR) is 88.8 cm³/mol. The second kappa shape index (κ2) is 6.37. The summed E-state index contributed by atoms with van der Waals surface area (Å²) in [6.07, 6.45) is -0.0944. The minimum absolute atomic E-state index is 0.0944. The van der Waals surface area contributed by atoms with Crippen LogP contribution in [0.4, 0.5) is 22.7 Å². The average molecular weight is 326 g/mol. The molecule has 0 aromatic heterocycles. The van der Waals surface area contributed by atoms with E-state index in [0.29, 0.717) is 11.4 Å². The van der Waals surface area contributed by atoms with Gasteiger partial charge in [-0.3, -0.25) is 19.7 Å². The molecule has 0 radical (unpaired) electrons. The quantitative estimate of drug-likeness (QED) is 0.589. The number of hydrogen-bond donors (Lipinski definition) is 3. The van der Waals surface area contributed by atoms with E-state index in [4.69, 9.17) is 0 Å². The van der Waals surface area contributed by atoms with Crippen LogP contribution in [-0.2, 0) is 9.59 Å². The van der Waals surface area contributed by atoms with Crippen LogP contribution >= 0.6 is 0 Å². The molecule has 1 atom stereocenters. The Bertz CT molecular complexity index is 821. The van der Waals surface area contributed by atoms with Crippen molar-refractivity contribution in [1.29, 1.82) is 0 Å². The van der Waals surface area contributed by atoms with Crippen molar-refractivity contribution in [3.05, 3.63) is 58.6 Å². The molecule has 0 spiro atoms. The van der Waals surface area contributed by atoms with Crippen LogP contribution in [0.3, 0.4) is 0 Å². The largest absolute Gasteiger partial charge is 0.372 e. The summed E-state index contributed by atoms with van der Waals surface area (Å²) in [5.41, 5.74) is 1.60. The maximum absolute atomic E-state index is 12.1. The number of nitro benzene ring substituents is 1. The summed E-state index contributed by atoms with van der Waals surface area (Å²) >= 11 is 0. The number of anilines is 3. The first kappa shape index (κ1) is 15.5. The molecular formula is C16H14N4O4. The molecule has 0 saturated carbocycles. The number of nitrogens with one attached hydrogen (secondary N) is 3. The Balaban J connectivity index is 1.66. The summed E-state index contributed by atoms with van der Waals surface area (Å²) < 4.78 is 0. The van der Waals surface area contributed by atoms with E-state index >= 15 is 0 Å². The zero-order chi connectivity index (χ0) is 17.1. The van der Waals surface area contributed by atoms with E-state index in [2.05, 4.69) is 16.0 Å². The number of carbonyl (C=O) groups is 2. The van der Waals surface area contributed by atoms with Gasteiger partial charge < -0.3 is 16.0 Å². The van der Waals surface area contributed by atoms with E-state index in [0.717, 1.165) is 5.69 Å². The summed E-state index contributed by atoms with van der Waals surface area (Å²) in [5.74, 6) is -0.717. The molecule has 0 bridgehead atoms. The first-order valence-corrected chi connectivity index (χ1v) is 7.23. The van der Waals surface area contributed by atoms with E-state index in [9.17, 15) is 19.7 Å². The van der Waals surface area contributed by atoms with E-state index in [1.807, 2.05) is 6.07 Å². The molecule has 0 saturated heterocycles. The van der Waals surface area contributed by atoms with Crippen LogP contribution in [-0.4, -0.2) is 22.8 Å². The van der Waals surface area contributed by atoms with Gasteiger partial charge in [0, 0.05) is 17.8 Å². The molecule has 1 aliphatic heterocycles. The van der Waals surface area contributed by atoms with Gasteiger partial charge in [0.05, 0.1) is 22.7 Å². The summed E-state index contributed by atoms with van der Waals surface area (Å²) in [5, 5.41) is 19.1. The number of rotatable bonds is 4. The third kappa shape index (κ3) is 3.32. The van der Waals surface area contributed by atoms with Gasteiger partial charge >= 0.3 is 0 Å². The minimum atomic E-state index is -0.710. The molecule has 0 unspecified atom stereocenters. The molecule has 8 heteroatoms. The van der Waals surface area contributed by atoms with E-state index in [1.54, 1.807) is 24.3 Å². The van der Waals surface area contributed by atoms with Crippen molar-refractivity contribution in [2.24, 2.45) is 0 Å². The Morgan fingerprint density at radius 2 is 1.92 bits per heavy atom. The molecule has 0 aliphatic carbocycles. The Labute approximate surface area is 137 Å². The molecule has 1 heterocycles. The van der Waals surface area contributed by atoms with Crippen molar-refractivity contribution in [2.45, 2.75) is 12.5 Å². The highest BCUT2D eigenvalue weighted by Crippen LogP contribution is 2.27. The van der Waals surface area contributed by atoms with Crippen LogP contribution in [0.5, 0.6) is 0 Å². The molecule has 122 valence electrons. The van der Waals surface area contributed by atoms with Crippen molar-refractivity contribution in [3.63, 3.8) is 0 Å². The van der Waals surface area contributed by atoms with Gasteiger partial charge in [-0.2, -0.15) is 0 Å². The first-order chi connectivity index (χ1) is 11.5. The molecule has 0 fully saturated rings. The highest BCUT2D eigenvalue weighted by Gasteiger charge is 2.27. The van der Waals surface area contributed by atoms with Gasteiger partial charge in [-0.1, -0.05) is 18.2 Å². The summed E-state index contributed by atoms with van der Waals surface area (Å²) in [6, 6.07) is 12.1. The van der Waals surface area contributed by atoms with Gasteiger partial charge in [-0.25, -0.2) is 0 Å².